The summed E-state index contributed by atoms with van der Waals surface area (Å²) < 4.78 is 42.9. The number of halogens is 3. The van der Waals surface area contributed by atoms with Crippen molar-refractivity contribution in [2.75, 3.05) is 12.3 Å². The SMILES string of the molecule is CCOC(=O)CC=Cc1c(N)cccc1C(F)(F)F. The molecule has 0 aromatic heterocycles. The Morgan fingerprint density at radius 3 is 2.68 bits per heavy atom. The maximum absolute atomic E-state index is 12.8. The zero-order valence-electron chi connectivity index (χ0n) is 10.3. The summed E-state index contributed by atoms with van der Waals surface area (Å²) in [5, 5.41) is 0. The number of carbonyl (C=O) groups is 1. The van der Waals surface area contributed by atoms with E-state index in [0.717, 1.165) is 6.07 Å². The third-order valence-electron chi connectivity index (χ3n) is 2.32. The fraction of sp³-hybridized carbons (Fsp3) is 0.308. The molecule has 0 aliphatic heterocycles. The van der Waals surface area contributed by atoms with Gasteiger partial charge in [-0.25, -0.2) is 0 Å². The molecule has 6 heteroatoms. The van der Waals surface area contributed by atoms with Crippen LogP contribution in [0.1, 0.15) is 24.5 Å². The molecule has 0 radical (unpaired) electrons. The molecule has 1 aromatic carbocycles. The van der Waals surface area contributed by atoms with Crippen molar-refractivity contribution in [1.82, 2.24) is 0 Å². The van der Waals surface area contributed by atoms with E-state index in [4.69, 9.17) is 5.73 Å². The molecule has 0 amide bonds. The third kappa shape index (κ3) is 4.31. The first-order valence-corrected chi connectivity index (χ1v) is 5.64. The minimum Gasteiger partial charge on any atom is -0.466 e. The monoisotopic (exact) mass is 273 g/mol. The van der Waals surface area contributed by atoms with Crippen LogP contribution in [-0.4, -0.2) is 12.6 Å². The summed E-state index contributed by atoms with van der Waals surface area (Å²) in [5.41, 5.74) is 4.57. The van der Waals surface area contributed by atoms with Crippen LogP contribution in [0.2, 0.25) is 0 Å². The Bertz CT molecular complexity index is 481. The predicted octanol–water partition coefficient (Wildman–Crippen LogP) is 3.25. The molecular weight excluding hydrogens is 259 g/mol. The Kier molecular flexibility index (Phi) is 4.97. The van der Waals surface area contributed by atoms with Crippen molar-refractivity contribution < 1.29 is 22.7 Å². The summed E-state index contributed by atoms with van der Waals surface area (Å²) in [6.07, 6.45) is -2.09. The maximum atomic E-state index is 12.8. The summed E-state index contributed by atoms with van der Waals surface area (Å²) in [5.74, 6) is -0.498. The van der Waals surface area contributed by atoms with Crippen LogP contribution in [0.5, 0.6) is 0 Å². The molecule has 0 aliphatic carbocycles. The lowest BCUT2D eigenvalue weighted by Crippen LogP contribution is -2.09. The number of nitrogen functional groups attached to an aromatic ring is 1. The Balaban J connectivity index is 2.94. The second-order valence-corrected chi connectivity index (χ2v) is 3.72. The largest absolute Gasteiger partial charge is 0.466 e. The van der Waals surface area contributed by atoms with Crippen molar-refractivity contribution in [1.29, 1.82) is 0 Å². The summed E-state index contributed by atoms with van der Waals surface area (Å²) in [6.45, 7) is 1.88. The van der Waals surface area contributed by atoms with Crippen LogP contribution in [0.4, 0.5) is 18.9 Å². The lowest BCUT2D eigenvalue weighted by atomic mass is 10.0. The normalized spacial score (nSPS) is 11.8. The number of ether oxygens (including phenoxy) is 1. The summed E-state index contributed by atoms with van der Waals surface area (Å²) in [7, 11) is 0. The van der Waals surface area contributed by atoms with Gasteiger partial charge in [-0.3, -0.25) is 4.79 Å². The second kappa shape index (κ2) is 6.26. The average molecular weight is 273 g/mol. The number of nitrogens with two attached hydrogens (primary N) is 1. The van der Waals surface area contributed by atoms with E-state index in [1.807, 2.05) is 0 Å². The molecule has 104 valence electrons. The Morgan fingerprint density at radius 2 is 2.11 bits per heavy atom. The molecule has 19 heavy (non-hydrogen) atoms. The number of rotatable bonds is 4. The average Bonchev–Trinajstić information content (AvgIpc) is 2.30. The van der Waals surface area contributed by atoms with Crippen molar-refractivity contribution in [2.45, 2.75) is 19.5 Å². The molecule has 0 bridgehead atoms. The van der Waals surface area contributed by atoms with Gasteiger partial charge in [0.25, 0.3) is 0 Å². The van der Waals surface area contributed by atoms with Crippen LogP contribution in [0, 0.1) is 0 Å². The topological polar surface area (TPSA) is 52.3 Å². The fourth-order valence-electron chi connectivity index (χ4n) is 1.51. The number of esters is 1. The quantitative estimate of drug-likeness (QED) is 0.676. The van der Waals surface area contributed by atoms with Crippen LogP contribution in [0.25, 0.3) is 6.08 Å². The van der Waals surface area contributed by atoms with Gasteiger partial charge in [-0.15, -0.1) is 0 Å². The van der Waals surface area contributed by atoms with Crippen molar-refractivity contribution >= 4 is 17.7 Å². The molecule has 0 heterocycles. The molecule has 0 unspecified atom stereocenters. The first-order chi connectivity index (χ1) is 8.86. The fourth-order valence-corrected chi connectivity index (χ4v) is 1.51. The minimum atomic E-state index is -4.49. The van der Waals surface area contributed by atoms with Gasteiger partial charge in [0.05, 0.1) is 18.6 Å². The predicted molar refractivity (Wildman–Crippen MR) is 66.1 cm³/mol. The van der Waals surface area contributed by atoms with Crippen LogP contribution in [0.15, 0.2) is 24.3 Å². The Morgan fingerprint density at radius 1 is 1.42 bits per heavy atom. The maximum Gasteiger partial charge on any atom is 0.417 e. The zero-order chi connectivity index (χ0) is 14.5. The highest BCUT2D eigenvalue weighted by Gasteiger charge is 2.33. The second-order valence-electron chi connectivity index (χ2n) is 3.72. The standard InChI is InChI=1S/C13H14F3NO2/c1-2-19-12(18)8-3-5-9-10(13(14,15)16)6-4-7-11(9)17/h3-7H,2,8,17H2,1H3. The molecule has 0 saturated carbocycles. The van der Waals surface area contributed by atoms with Gasteiger partial charge in [0, 0.05) is 11.3 Å². The molecule has 0 aliphatic rings. The number of hydrogen-bond donors (Lipinski definition) is 1. The highest BCUT2D eigenvalue weighted by atomic mass is 19.4. The number of anilines is 1. The van der Waals surface area contributed by atoms with Crippen molar-refractivity contribution in [2.24, 2.45) is 0 Å². The molecule has 0 saturated heterocycles. The highest BCUT2D eigenvalue weighted by Crippen LogP contribution is 2.34. The van der Waals surface area contributed by atoms with Gasteiger partial charge >= 0.3 is 12.1 Å². The van der Waals surface area contributed by atoms with Gasteiger partial charge < -0.3 is 10.5 Å². The molecule has 0 fully saturated rings. The lowest BCUT2D eigenvalue weighted by Gasteiger charge is -2.12. The van der Waals surface area contributed by atoms with E-state index >= 15 is 0 Å². The van der Waals surface area contributed by atoms with Gasteiger partial charge in [0.2, 0.25) is 0 Å². The third-order valence-corrected chi connectivity index (χ3v) is 2.32. The molecule has 1 rings (SSSR count). The van der Waals surface area contributed by atoms with Crippen molar-refractivity contribution in [3.05, 3.63) is 35.4 Å². The number of hydrogen-bond acceptors (Lipinski definition) is 3. The smallest absolute Gasteiger partial charge is 0.417 e. The Labute approximate surface area is 108 Å². The highest BCUT2D eigenvalue weighted by molar-refractivity contribution is 5.75. The number of alkyl halides is 3. The van der Waals surface area contributed by atoms with Gasteiger partial charge in [-0.1, -0.05) is 18.2 Å². The van der Waals surface area contributed by atoms with Crippen molar-refractivity contribution in [3.63, 3.8) is 0 Å². The van der Waals surface area contributed by atoms with Crippen LogP contribution < -0.4 is 5.73 Å². The molecule has 0 atom stereocenters. The van der Waals surface area contributed by atoms with Crippen molar-refractivity contribution in [3.8, 4) is 0 Å². The Hall–Kier alpha value is -1.98. The molecule has 1 aromatic rings. The number of benzene rings is 1. The molecular formula is C13H14F3NO2. The van der Waals surface area contributed by atoms with Gasteiger partial charge in [0.1, 0.15) is 0 Å². The van der Waals surface area contributed by atoms with Crippen LogP contribution >= 0.6 is 0 Å². The molecule has 0 spiro atoms. The van der Waals surface area contributed by atoms with E-state index in [0.29, 0.717) is 0 Å². The first-order valence-electron chi connectivity index (χ1n) is 5.64. The molecule has 2 N–H and O–H groups in total. The summed E-state index contributed by atoms with van der Waals surface area (Å²) in [6, 6.07) is 3.56. The minimum absolute atomic E-state index is 0.00920. The van der Waals surface area contributed by atoms with Gasteiger partial charge in [0.15, 0.2) is 0 Å². The summed E-state index contributed by atoms with van der Waals surface area (Å²) >= 11 is 0. The van der Waals surface area contributed by atoms with Gasteiger partial charge in [-0.2, -0.15) is 13.2 Å². The van der Waals surface area contributed by atoms with E-state index in [1.165, 1.54) is 24.3 Å². The lowest BCUT2D eigenvalue weighted by molar-refractivity contribution is -0.142. The van der Waals surface area contributed by atoms with Crippen LogP contribution in [0.3, 0.4) is 0 Å². The first kappa shape index (κ1) is 15.1. The van der Waals surface area contributed by atoms with E-state index in [2.05, 4.69) is 4.74 Å². The van der Waals surface area contributed by atoms with E-state index < -0.39 is 17.7 Å². The zero-order valence-corrected chi connectivity index (χ0v) is 10.3. The number of carbonyl (C=O) groups excluding carboxylic acids is 1. The van der Waals surface area contributed by atoms with E-state index in [1.54, 1.807) is 6.92 Å². The summed E-state index contributed by atoms with van der Waals surface area (Å²) in [4.78, 5) is 11.1. The molecule has 3 nitrogen and oxygen atoms in total. The van der Waals surface area contributed by atoms with Gasteiger partial charge in [-0.05, 0) is 19.1 Å². The van der Waals surface area contributed by atoms with E-state index in [-0.39, 0.29) is 24.3 Å². The van der Waals surface area contributed by atoms with E-state index in [9.17, 15) is 18.0 Å². The van der Waals surface area contributed by atoms with Crippen LogP contribution in [-0.2, 0) is 15.7 Å².